The summed E-state index contributed by atoms with van der Waals surface area (Å²) in [6, 6.07) is 7.77. The van der Waals surface area contributed by atoms with Crippen molar-refractivity contribution in [2.75, 3.05) is 13.2 Å². The van der Waals surface area contributed by atoms with Crippen LogP contribution in [0.15, 0.2) is 59.7 Å². The zero-order chi connectivity index (χ0) is 16.2. The predicted molar refractivity (Wildman–Crippen MR) is 88.3 cm³/mol. The predicted octanol–water partition coefficient (Wildman–Crippen LogP) is 2.58. The number of pyridine rings is 1. The van der Waals surface area contributed by atoms with Crippen LogP contribution in [0, 0.1) is 5.92 Å². The van der Waals surface area contributed by atoms with Crippen LogP contribution in [0.1, 0.15) is 11.6 Å². The SMILES string of the molecule is c1cncc(OC[C@H]2CN(Cc3ccco3)Cc3nccn3C2)c1. The molecule has 0 unspecified atom stereocenters. The molecule has 1 atom stereocenters. The van der Waals surface area contributed by atoms with Gasteiger partial charge < -0.3 is 13.7 Å². The van der Waals surface area contributed by atoms with Crippen LogP contribution in [0.5, 0.6) is 5.75 Å². The summed E-state index contributed by atoms with van der Waals surface area (Å²) >= 11 is 0. The first-order valence-corrected chi connectivity index (χ1v) is 8.14. The second kappa shape index (κ2) is 6.88. The monoisotopic (exact) mass is 324 g/mol. The van der Waals surface area contributed by atoms with E-state index < -0.39 is 0 Å². The van der Waals surface area contributed by atoms with Gasteiger partial charge in [-0.05, 0) is 24.3 Å². The molecule has 4 heterocycles. The smallest absolute Gasteiger partial charge is 0.137 e. The number of rotatable bonds is 5. The summed E-state index contributed by atoms with van der Waals surface area (Å²) < 4.78 is 13.7. The van der Waals surface area contributed by atoms with Crippen LogP contribution < -0.4 is 4.74 Å². The summed E-state index contributed by atoms with van der Waals surface area (Å²) in [4.78, 5) is 10.9. The molecular weight excluding hydrogens is 304 g/mol. The van der Waals surface area contributed by atoms with E-state index in [0.717, 1.165) is 43.5 Å². The van der Waals surface area contributed by atoms with Crippen molar-refractivity contribution < 1.29 is 9.15 Å². The second-order valence-corrected chi connectivity index (χ2v) is 6.11. The van der Waals surface area contributed by atoms with Crippen LogP contribution >= 0.6 is 0 Å². The lowest BCUT2D eigenvalue weighted by molar-refractivity contribution is 0.160. The molecule has 0 saturated heterocycles. The van der Waals surface area contributed by atoms with Crippen molar-refractivity contribution in [3.63, 3.8) is 0 Å². The third-order valence-corrected chi connectivity index (χ3v) is 4.22. The molecule has 0 amide bonds. The third kappa shape index (κ3) is 3.49. The van der Waals surface area contributed by atoms with Crippen LogP contribution in [0.4, 0.5) is 0 Å². The molecule has 124 valence electrons. The summed E-state index contributed by atoms with van der Waals surface area (Å²) in [5, 5.41) is 0. The molecule has 4 rings (SSSR count). The van der Waals surface area contributed by atoms with Crippen molar-refractivity contribution >= 4 is 0 Å². The summed E-state index contributed by atoms with van der Waals surface area (Å²) in [6.45, 7) is 4.09. The van der Waals surface area contributed by atoms with E-state index in [1.165, 1.54) is 0 Å². The van der Waals surface area contributed by atoms with Gasteiger partial charge in [-0.3, -0.25) is 9.88 Å². The number of furan rings is 1. The molecular formula is C18H20N4O2. The van der Waals surface area contributed by atoms with E-state index in [1.54, 1.807) is 18.7 Å². The normalized spacial score (nSPS) is 18.1. The third-order valence-electron chi connectivity index (χ3n) is 4.22. The van der Waals surface area contributed by atoms with Crippen molar-refractivity contribution in [3.05, 3.63) is 66.9 Å². The molecule has 0 aliphatic carbocycles. The zero-order valence-corrected chi connectivity index (χ0v) is 13.4. The average molecular weight is 324 g/mol. The lowest BCUT2D eigenvalue weighted by Gasteiger charge is -2.23. The molecule has 0 N–H and O–H groups in total. The summed E-state index contributed by atoms with van der Waals surface area (Å²) in [6.07, 6.45) is 9.13. The highest BCUT2D eigenvalue weighted by atomic mass is 16.5. The average Bonchev–Trinajstić information content (AvgIpc) is 3.23. The lowest BCUT2D eigenvalue weighted by Crippen LogP contribution is -2.30. The quantitative estimate of drug-likeness (QED) is 0.722. The molecule has 6 heteroatoms. The van der Waals surface area contributed by atoms with Gasteiger partial charge in [0.2, 0.25) is 0 Å². The van der Waals surface area contributed by atoms with E-state index in [-0.39, 0.29) is 0 Å². The Hall–Kier alpha value is -2.60. The Kier molecular flexibility index (Phi) is 4.29. The van der Waals surface area contributed by atoms with Crippen molar-refractivity contribution in [3.8, 4) is 5.75 Å². The number of aromatic nitrogens is 3. The minimum Gasteiger partial charge on any atom is -0.492 e. The number of hydrogen-bond donors (Lipinski definition) is 0. The maximum Gasteiger partial charge on any atom is 0.137 e. The number of imidazole rings is 1. The van der Waals surface area contributed by atoms with Crippen LogP contribution in [-0.4, -0.2) is 32.6 Å². The van der Waals surface area contributed by atoms with Crippen molar-refractivity contribution in [2.45, 2.75) is 19.6 Å². The largest absolute Gasteiger partial charge is 0.492 e. The summed E-state index contributed by atoms with van der Waals surface area (Å²) in [5.41, 5.74) is 0. The van der Waals surface area contributed by atoms with Crippen LogP contribution in [-0.2, 0) is 19.6 Å². The highest BCUT2D eigenvalue weighted by molar-refractivity contribution is 5.15. The molecule has 0 spiro atoms. The van der Waals surface area contributed by atoms with E-state index in [2.05, 4.69) is 19.4 Å². The van der Waals surface area contributed by atoms with Gasteiger partial charge in [0.15, 0.2) is 0 Å². The van der Waals surface area contributed by atoms with Crippen molar-refractivity contribution in [1.29, 1.82) is 0 Å². The number of nitrogens with zero attached hydrogens (tertiary/aromatic N) is 4. The van der Waals surface area contributed by atoms with E-state index in [1.807, 2.05) is 36.7 Å². The molecule has 1 aliphatic rings. The van der Waals surface area contributed by atoms with Crippen LogP contribution in [0.2, 0.25) is 0 Å². The molecule has 0 radical (unpaired) electrons. The number of ether oxygens (including phenoxy) is 1. The molecule has 24 heavy (non-hydrogen) atoms. The first-order valence-electron chi connectivity index (χ1n) is 8.14. The molecule has 3 aromatic heterocycles. The minimum atomic E-state index is 0.371. The van der Waals surface area contributed by atoms with E-state index in [9.17, 15) is 0 Å². The Balaban J connectivity index is 1.46. The second-order valence-electron chi connectivity index (χ2n) is 6.11. The fourth-order valence-electron chi connectivity index (χ4n) is 3.12. The Morgan fingerprint density at radius 3 is 3.04 bits per heavy atom. The van der Waals surface area contributed by atoms with Crippen LogP contribution in [0.25, 0.3) is 0 Å². The highest BCUT2D eigenvalue weighted by Crippen LogP contribution is 2.19. The zero-order valence-electron chi connectivity index (χ0n) is 13.4. The maximum absolute atomic E-state index is 5.93. The topological polar surface area (TPSA) is 56.3 Å². The summed E-state index contributed by atoms with van der Waals surface area (Å²) in [7, 11) is 0. The molecule has 6 nitrogen and oxygen atoms in total. The Bertz CT molecular complexity index is 754. The van der Waals surface area contributed by atoms with Gasteiger partial charge in [-0.25, -0.2) is 4.98 Å². The van der Waals surface area contributed by atoms with E-state index in [0.29, 0.717) is 12.5 Å². The summed E-state index contributed by atoms with van der Waals surface area (Å²) in [5.74, 6) is 3.24. The standard InChI is InChI=1S/C18H20N4O2/c1-3-16(9-19-5-1)24-14-15-10-21(12-17-4-2-8-23-17)13-18-20-6-7-22(18)11-15/h1-9,15H,10-14H2/t15-/m0/s1. The fourth-order valence-corrected chi connectivity index (χ4v) is 3.12. The van der Waals surface area contributed by atoms with E-state index >= 15 is 0 Å². The highest BCUT2D eigenvalue weighted by Gasteiger charge is 2.23. The first kappa shape index (κ1) is 15.0. The van der Waals surface area contributed by atoms with Gasteiger partial charge in [-0.2, -0.15) is 0 Å². The fraction of sp³-hybridized carbons (Fsp3) is 0.333. The Labute approximate surface area is 140 Å². The Morgan fingerprint density at radius 1 is 1.21 bits per heavy atom. The van der Waals surface area contributed by atoms with Crippen LogP contribution in [0.3, 0.4) is 0 Å². The van der Waals surface area contributed by atoms with Gasteiger partial charge in [-0.1, -0.05) is 0 Å². The molecule has 0 saturated carbocycles. The maximum atomic E-state index is 5.93. The van der Waals surface area contributed by atoms with Gasteiger partial charge in [-0.15, -0.1) is 0 Å². The molecule has 0 bridgehead atoms. The van der Waals surface area contributed by atoms with Gasteiger partial charge in [0.05, 0.1) is 32.2 Å². The molecule has 3 aromatic rings. The lowest BCUT2D eigenvalue weighted by atomic mass is 10.1. The molecule has 0 fully saturated rings. The van der Waals surface area contributed by atoms with Crippen molar-refractivity contribution in [1.82, 2.24) is 19.4 Å². The molecule has 1 aliphatic heterocycles. The van der Waals surface area contributed by atoms with Gasteiger partial charge in [0, 0.05) is 37.6 Å². The van der Waals surface area contributed by atoms with Gasteiger partial charge in [0.1, 0.15) is 17.3 Å². The molecule has 0 aromatic carbocycles. The van der Waals surface area contributed by atoms with Gasteiger partial charge in [0.25, 0.3) is 0 Å². The minimum absolute atomic E-state index is 0.371. The number of fused-ring (bicyclic) bond motifs is 1. The number of hydrogen-bond acceptors (Lipinski definition) is 5. The van der Waals surface area contributed by atoms with Gasteiger partial charge >= 0.3 is 0 Å². The Morgan fingerprint density at radius 2 is 2.21 bits per heavy atom. The van der Waals surface area contributed by atoms with E-state index in [4.69, 9.17) is 9.15 Å². The van der Waals surface area contributed by atoms with Crippen molar-refractivity contribution in [2.24, 2.45) is 5.92 Å². The first-order chi connectivity index (χ1) is 11.9.